The molecule has 27 heavy (non-hydrogen) atoms. The van der Waals surface area contributed by atoms with E-state index in [9.17, 15) is 13.2 Å². The zero-order chi connectivity index (χ0) is 19.8. The van der Waals surface area contributed by atoms with E-state index >= 15 is 0 Å². The number of anilines is 1. The maximum atomic E-state index is 13.0. The Labute approximate surface area is 161 Å². The number of carbonyl (C=O) groups excluding carboxylic acids is 1. The minimum Gasteiger partial charge on any atom is -0.345 e. The molecule has 0 aliphatic carbocycles. The molecule has 3 rings (SSSR count). The van der Waals surface area contributed by atoms with Crippen molar-refractivity contribution in [2.45, 2.75) is 38.5 Å². The van der Waals surface area contributed by atoms with Crippen molar-refractivity contribution < 1.29 is 13.2 Å². The molecule has 1 aliphatic heterocycles. The molecule has 1 N–H and O–H groups in total. The molecule has 1 aliphatic rings. The van der Waals surface area contributed by atoms with Crippen molar-refractivity contribution in [2.75, 3.05) is 18.4 Å². The summed E-state index contributed by atoms with van der Waals surface area (Å²) < 4.78 is 29.0. The average molecular weight is 390 g/mol. The molecule has 0 bridgehead atoms. The second-order valence-electron chi connectivity index (χ2n) is 7.55. The van der Waals surface area contributed by atoms with Gasteiger partial charge < -0.3 is 9.88 Å². The second kappa shape index (κ2) is 7.48. The first kappa shape index (κ1) is 19.6. The van der Waals surface area contributed by atoms with Crippen molar-refractivity contribution in [3.05, 3.63) is 47.3 Å². The molecule has 1 aromatic carbocycles. The molecule has 6 nitrogen and oxygen atoms in total. The van der Waals surface area contributed by atoms with Crippen molar-refractivity contribution in [3.8, 4) is 0 Å². The molecule has 2 heterocycles. The van der Waals surface area contributed by atoms with Crippen LogP contribution in [0.5, 0.6) is 0 Å². The average Bonchev–Trinajstić information content (AvgIpc) is 3.01. The van der Waals surface area contributed by atoms with Gasteiger partial charge >= 0.3 is 0 Å². The molecule has 1 fully saturated rings. The number of benzene rings is 1. The molecule has 1 atom stereocenters. The minimum atomic E-state index is -3.59. The Balaban J connectivity index is 1.85. The highest BCUT2D eigenvalue weighted by Gasteiger charge is 2.30. The van der Waals surface area contributed by atoms with Crippen LogP contribution < -0.4 is 5.32 Å². The zero-order valence-electron chi connectivity index (χ0n) is 16.3. The van der Waals surface area contributed by atoms with Crippen LogP contribution in [0.1, 0.15) is 41.4 Å². The fourth-order valence-corrected chi connectivity index (χ4v) is 5.14. The first-order valence-electron chi connectivity index (χ1n) is 9.23. The highest BCUT2D eigenvalue weighted by atomic mass is 32.2. The van der Waals surface area contributed by atoms with Gasteiger partial charge in [-0.3, -0.25) is 4.79 Å². The Morgan fingerprint density at radius 1 is 1.22 bits per heavy atom. The van der Waals surface area contributed by atoms with Gasteiger partial charge in [-0.05, 0) is 55.9 Å². The summed E-state index contributed by atoms with van der Waals surface area (Å²) in [6.07, 6.45) is 3.43. The summed E-state index contributed by atoms with van der Waals surface area (Å²) in [5, 5.41) is 2.89. The minimum absolute atomic E-state index is 0.171. The molecule has 1 amide bonds. The maximum Gasteiger partial charge on any atom is 0.272 e. The van der Waals surface area contributed by atoms with Gasteiger partial charge in [-0.2, -0.15) is 4.31 Å². The lowest BCUT2D eigenvalue weighted by Crippen LogP contribution is -2.38. The molecule has 1 aromatic heterocycles. The Kier molecular flexibility index (Phi) is 5.44. The quantitative estimate of drug-likeness (QED) is 0.872. The van der Waals surface area contributed by atoms with E-state index in [1.165, 1.54) is 16.6 Å². The first-order chi connectivity index (χ1) is 12.7. The molecule has 146 valence electrons. The summed E-state index contributed by atoms with van der Waals surface area (Å²) >= 11 is 0. The SMILES string of the molecule is Cc1ccc(C)c(NC(=O)c2cc(S(=O)(=O)N3CCC[C@@H](C)C3)cn2C)c1. The van der Waals surface area contributed by atoms with Gasteiger partial charge in [0.1, 0.15) is 10.6 Å². The van der Waals surface area contributed by atoms with Crippen LogP contribution in [-0.2, 0) is 17.1 Å². The highest BCUT2D eigenvalue weighted by Crippen LogP contribution is 2.25. The summed E-state index contributed by atoms with van der Waals surface area (Å²) in [7, 11) is -1.90. The number of piperidine rings is 1. The predicted octanol–water partition coefficient (Wildman–Crippen LogP) is 3.31. The number of nitrogens with one attached hydrogen (secondary N) is 1. The standard InChI is InChI=1S/C20H27N3O3S/c1-14-7-8-16(3)18(10-14)21-20(24)19-11-17(13-22(19)4)27(25,26)23-9-5-6-15(2)12-23/h7-8,10-11,13,15H,5-6,9,12H2,1-4H3,(H,21,24)/t15-/m1/s1. The fourth-order valence-electron chi connectivity index (χ4n) is 3.47. The molecule has 0 spiro atoms. The number of hydrogen-bond donors (Lipinski definition) is 1. The van der Waals surface area contributed by atoms with E-state index in [4.69, 9.17) is 0 Å². The number of hydrogen-bond acceptors (Lipinski definition) is 3. The van der Waals surface area contributed by atoms with Crippen LogP contribution in [0.3, 0.4) is 0 Å². The van der Waals surface area contributed by atoms with Crippen molar-refractivity contribution >= 4 is 21.6 Å². The number of amides is 1. The molecule has 2 aromatic rings. The van der Waals surface area contributed by atoms with E-state index in [2.05, 4.69) is 12.2 Å². The van der Waals surface area contributed by atoms with Gasteiger partial charge in [-0.1, -0.05) is 19.1 Å². The van der Waals surface area contributed by atoms with Gasteiger partial charge in [0, 0.05) is 32.0 Å². The Hall–Kier alpha value is -2.12. The molecular formula is C20H27N3O3S. The van der Waals surface area contributed by atoms with Gasteiger partial charge in [-0.15, -0.1) is 0 Å². The van der Waals surface area contributed by atoms with E-state index in [0.29, 0.717) is 24.7 Å². The number of aromatic nitrogens is 1. The summed E-state index contributed by atoms with van der Waals surface area (Å²) in [6.45, 7) is 7.01. The Bertz CT molecular complexity index is 963. The van der Waals surface area contributed by atoms with E-state index in [1.54, 1.807) is 11.6 Å². The largest absolute Gasteiger partial charge is 0.345 e. The third kappa shape index (κ3) is 4.09. The van der Waals surface area contributed by atoms with Crippen molar-refractivity contribution in [1.29, 1.82) is 0 Å². The lowest BCUT2D eigenvalue weighted by Gasteiger charge is -2.29. The third-order valence-corrected chi connectivity index (χ3v) is 6.94. The maximum absolute atomic E-state index is 13.0. The van der Waals surface area contributed by atoms with Gasteiger partial charge in [0.05, 0.1) is 0 Å². The molecule has 0 radical (unpaired) electrons. The summed E-state index contributed by atoms with van der Waals surface area (Å²) in [4.78, 5) is 12.9. The second-order valence-corrected chi connectivity index (χ2v) is 9.49. The van der Waals surface area contributed by atoms with Crippen LogP contribution in [0.4, 0.5) is 5.69 Å². The van der Waals surface area contributed by atoms with Gasteiger partial charge in [-0.25, -0.2) is 8.42 Å². The van der Waals surface area contributed by atoms with Gasteiger partial charge in [0.2, 0.25) is 10.0 Å². The van der Waals surface area contributed by atoms with Crippen LogP contribution >= 0.6 is 0 Å². The van der Waals surface area contributed by atoms with Crippen molar-refractivity contribution in [1.82, 2.24) is 8.87 Å². The zero-order valence-corrected chi connectivity index (χ0v) is 17.1. The Morgan fingerprint density at radius 2 is 1.96 bits per heavy atom. The van der Waals surface area contributed by atoms with E-state index in [0.717, 1.165) is 29.7 Å². The van der Waals surface area contributed by atoms with Crippen LogP contribution in [0.15, 0.2) is 35.4 Å². The van der Waals surface area contributed by atoms with Gasteiger partial charge in [0.15, 0.2) is 0 Å². The summed E-state index contributed by atoms with van der Waals surface area (Å²) in [5.41, 5.74) is 3.05. The number of nitrogens with zero attached hydrogens (tertiary/aromatic N) is 2. The molecule has 0 unspecified atom stereocenters. The van der Waals surface area contributed by atoms with E-state index < -0.39 is 10.0 Å². The molecule has 7 heteroatoms. The van der Waals surface area contributed by atoms with Crippen molar-refractivity contribution in [2.24, 2.45) is 13.0 Å². The predicted molar refractivity (Wildman–Crippen MR) is 106 cm³/mol. The summed E-state index contributed by atoms with van der Waals surface area (Å²) in [6, 6.07) is 7.30. The Morgan fingerprint density at radius 3 is 2.67 bits per heavy atom. The first-order valence-corrected chi connectivity index (χ1v) is 10.7. The van der Waals surface area contributed by atoms with Crippen LogP contribution in [0.25, 0.3) is 0 Å². The number of aryl methyl sites for hydroxylation is 3. The fraction of sp³-hybridized carbons (Fsp3) is 0.450. The monoisotopic (exact) mass is 389 g/mol. The topological polar surface area (TPSA) is 71.4 Å². The van der Waals surface area contributed by atoms with E-state index in [1.807, 2.05) is 32.0 Å². The highest BCUT2D eigenvalue weighted by molar-refractivity contribution is 7.89. The van der Waals surface area contributed by atoms with Crippen LogP contribution in [0.2, 0.25) is 0 Å². The normalized spacial score (nSPS) is 18.4. The van der Waals surface area contributed by atoms with Gasteiger partial charge in [0.25, 0.3) is 5.91 Å². The number of sulfonamides is 1. The lowest BCUT2D eigenvalue weighted by atomic mass is 10.0. The third-order valence-electron chi connectivity index (χ3n) is 5.11. The molecule has 1 saturated heterocycles. The van der Waals surface area contributed by atoms with Crippen LogP contribution in [-0.4, -0.2) is 36.3 Å². The lowest BCUT2D eigenvalue weighted by molar-refractivity contribution is 0.101. The van der Waals surface area contributed by atoms with Crippen molar-refractivity contribution in [3.63, 3.8) is 0 Å². The number of carbonyl (C=O) groups is 1. The van der Waals surface area contributed by atoms with E-state index in [-0.39, 0.29) is 10.8 Å². The molecular weight excluding hydrogens is 362 g/mol. The smallest absolute Gasteiger partial charge is 0.272 e. The summed E-state index contributed by atoms with van der Waals surface area (Å²) in [5.74, 6) is 0.0314. The number of rotatable bonds is 4. The van der Waals surface area contributed by atoms with Crippen LogP contribution in [0, 0.1) is 19.8 Å². The molecule has 0 saturated carbocycles.